The fourth-order valence-electron chi connectivity index (χ4n) is 4.73. The van der Waals surface area contributed by atoms with Crippen LogP contribution in [-0.4, -0.2) is 43.8 Å². The number of carbonyl (C=O) groups is 2. The molecule has 0 radical (unpaired) electrons. The van der Waals surface area contributed by atoms with Gasteiger partial charge in [-0.2, -0.15) is 0 Å². The zero-order chi connectivity index (χ0) is 30.8. The van der Waals surface area contributed by atoms with Crippen LogP contribution in [0.4, 0.5) is 5.69 Å². The van der Waals surface area contributed by atoms with E-state index in [0.717, 1.165) is 27.4 Å². The molecule has 0 unspecified atom stereocenters. The Morgan fingerprint density at radius 1 is 0.767 bits per heavy atom. The van der Waals surface area contributed by atoms with Crippen molar-refractivity contribution in [1.29, 1.82) is 0 Å². The lowest BCUT2D eigenvalue weighted by Crippen LogP contribution is -2.54. The second-order valence-corrected chi connectivity index (χ2v) is 12.6. The van der Waals surface area contributed by atoms with Crippen molar-refractivity contribution in [1.82, 2.24) is 10.2 Å². The van der Waals surface area contributed by atoms with E-state index in [1.165, 1.54) is 17.0 Å². The molecule has 0 saturated heterocycles. The van der Waals surface area contributed by atoms with Gasteiger partial charge >= 0.3 is 0 Å². The number of anilines is 1. The number of carbonyl (C=O) groups excluding carboxylic acids is 2. The highest BCUT2D eigenvalue weighted by molar-refractivity contribution is 7.92. The smallest absolute Gasteiger partial charge is 0.264 e. The number of hydrogen-bond acceptors (Lipinski definition) is 4. The zero-order valence-electron chi connectivity index (χ0n) is 24.9. The molecular formula is C35H39N3O4S. The predicted molar refractivity (Wildman–Crippen MR) is 171 cm³/mol. The van der Waals surface area contributed by atoms with E-state index in [1.807, 2.05) is 75.4 Å². The molecule has 0 aliphatic rings. The second-order valence-electron chi connectivity index (χ2n) is 10.7. The summed E-state index contributed by atoms with van der Waals surface area (Å²) in [6.45, 7) is 5.55. The minimum absolute atomic E-state index is 0.0760. The van der Waals surface area contributed by atoms with Gasteiger partial charge in [-0.1, -0.05) is 103 Å². The van der Waals surface area contributed by atoms with E-state index in [-0.39, 0.29) is 29.8 Å². The molecular weight excluding hydrogens is 558 g/mol. The summed E-state index contributed by atoms with van der Waals surface area (Å²) in [4.78, 5) is 29.8. The van der Waals surface area contributed by atoms with Crippen LogP contribution in [0.3, 0.4) is 0 Å². The van der Waals surface area contributed by atoms with E-state index in [2.05, 4.69) is 5.32 Å². The van der Waals surface area contributed by atoms with Gasteiger partial charge in [0.15, 0.2) is 0 Å². The molecule has 43 heavy (non-hydrogen) atoms. The van der Waals surface area contributed by atoms with Gasteiger partial charge in [0.05, 0.1) is 10.6 Å². The fourth-order valence-corrected chi connectivity index (χ4v) is 6.16. The van der Waals surface area contributed by atoms with Crippen molar-refractivity contribution >= 4 is 27.5 Å². The molecule has 2 atom stereocenters. The minimum Gasteiger partial charge on any atom is -0.352 e. The summed E-state index contributed by atoms with van der Waals surface area (Å²) in [5, 5.41) is 3.06. The van der Waals surface area contributed by atoms with E-state index in [1.54, 1.807) is 48.5 Å². The molecule has 8 heteroatoms. The Bertz CT molecular complexity index is 1580. The Morgan fingerprint density at radius 2 is 1.33 bits per heavy atom. The molecule has 0 aromatic heterocycles. The monoisotopic (exact) mass is 597 g/mol. The first kappa shape index (κ1) is 31.5. The van der Waals surface area contributed by atoms with Crippen molar-refractivity contribution in [3.8, 4) is 0 Å². The van der Waals surface area contributed by atoms with Crippen molar-refractivity contribution < 1.29 is 18.0 Å². The molecule has 4 aromatic rings. The Hall–Kier alpha value is -4.43. The van der Waals surface area contributed by atoms with Crippen LogP contribution in [0.25, 0.3) is 0 Å². The molecule has 224 valence electrons. The standard InChI is InChI=1S/C35H39N3O4S/c1-4-28(3)36-35(40)33(24-29-14-8-5-9-15-29)37(25-30-22-20-27(2)21-23-30)34(39)26-38(31-16-10-6-11-17-31)43(41,42)32-18-12-7-13-19-32/h5-23,28,33H,4,24-26H2,1-3H3,(H,36,40)/t28-,33+/m1/s1. The summed E-state index contributed by atoms with van der Waals surface area (Å²) in [6.07, 6.45) is 1.00. The Kier molecular flexibility index (Phi) is 10.7. The number of nitrogens with zero attached hydrogens (tertiary/aromatic N) is 2. The third-order valence-corrected chi connectivity index (χ3v) is 9.19. The number of sulfonamides is 1. The number of amides is 2. The number of nitrogens with one attached hydrogen (secondary N) is 1. The molecule has 2 amide bonds. The summed E-state index contributed by atoms with van der Waals surface area (Å²) in [7, 11) is -4.10. The van der Waals surface area contributed by atoms with Crippen molar-refractivity contribution in [2.24, 2.45) is 0 Å². The molecule has 4 aromatic carbocycles. The first-order valence-corrected chi connectivity index (χ1v) is 15.9. The molecule has 0 aliphatic carbocycles. The average molecular weight is 598 g/mol. The maximum atomic E-state index is 14.4. The van der Waals surface area contributed by atoms with Gasteiger partial charge in [-0.05, 0) is 55.7 Å². The molecule has 0 heterocycles. The Labute approximate surface area is 255 Å². The topological polar surface area (TPSA) is 86.8 Å². The lowest BCUT2D eigenvalue weighted by atomic mass is 10.0. The lowest BCUT2D eigenvalue weighted by Gasteiger charge is -2.34. The molecule has 0 saturated carbocycles. The van der Waals surface area contributed by atoms with E-state index >= 15 is 0 Å². The van der Waals surface area contributed by atoms with Crippen molar-refractivity contribution in [2.75, 3.05) is 10.8 Å². The summed E-state index contributed by atoms with van der Waals surface area (Å²) >= 11 is 0. The highest BCUT2D eigenvalue weighted by Crippen LogP contribution is 2.25. The van der Waals surface area contributed by atoms with Gasteiger partial charge in [-0.15, -0.1) is 0 Å². The Balaban J connectivity index is 1.78. The quantitative estimate of drug-likeness (QED) is 0.213. The first-order chi connectivity index (χ1) is 20.7. The molecule has 1 N–H and O–H groups in total. The summed E-state index contributed by atoms with van der Waals surface area (Å²) < 4.78 is 29.0. The summed E-state index contributed by atoms with van der Waals surface area (Å²) in [6, 6.07) is 33.0. The predicted octanol–water partition coefficient (Wildman–Crippen LogP) is 5.75. The van der Waals surface area contributed by atoms with Gasteiger partial charge in [0, 0.05) is 19.0 Å². The molecule has 0 bridgehead atoms. The van der Waals surface area contributed by atoms with Gasteiger partial charge in [0.2, 0.25) is 11.8 Å². The molecule has 4 rings (SSSR count). The van der Waals surface area contributed by atoms with Crippen molar-refractivity contribution in [3.05, 3.63) is 132 Å². The van der Waals surface area contributed by atoms with Gasteiger partial charge in [0.25, 0.3) is 10.0 Å². The van der Waals surface area contributed by atoms with Crippen molar-refractivity contribution in [3.63, 3.8) is 0 Å². The molecule has 0 aliphatic heterocycles. The van der Waals surface area contributed by atoms with Gasteiger partial charge in [0.1, 0.15) is 12.6 Å². The van der Waals surface area contributed by atoms with Crippen LogP contribution in [0.2, 0.25) is 0 Å². The summed E-state index contributed by atoms with van der Waals surface area (Å²) in [5.41, 5.74) is 3.16. The fraction of sp³-hybridized carbons (Fsp3) is 0.257. The highest BCUT2D eigenvalue weighted by atomic mass is 32.2. The van der Waals surface area contributed by atoms with E-state index in [4.69, 9.17) is 0 Å². The first-order valence-electron chi connectivity index (χ1n) is 14.5. The number of aryl methyl sites for hydroxylation is 1. The SMILES string of the molecule is CC[C@@H](C)NC(=O)[C@H](Cc1ccccc1)N(Cc1ccc(C)cc1)C(=O)CN(c1ccccc1)S(=O)(=O)c1ccccc1. The third-order valence-electron chi connectivity index (χ3n) is 7.40. The van der Waals surface area contributed by atoms with Gasteiger partial charge in [-0.25, -0.2) is 8.42 Å². The maximum absolute atomic E-state index is 14.4. The van der Waals surface area contributed by atoms with Crippen LogP contribution in [0, 0.1) is 6.92 Å². The van der Waals surface area contributed by atoms with Gasteiger partial charge in [-0.3, -0.25) is 13.9 Å². The number of para-hydroxylation sites is 1. The van der Waals surface area contributed by atoms with Crippen LogP contribution < -0.4 is 9.62 Å². The second kappa shape index (κ2) is 14.6. The molecule has 0 spiro atoms. The van der Waals surface area contributed by atoms with E-state index < -0.39 is 28.5 Å². The van der Waals surface area contributed by atoms with Crippen molar-refractivity contribution in [2.45, 2.75) is 57.1 Å². The normalized spacial score (nSPS) is 12.6. The van der Waals surface area contributed by atoms with Gasteiger partial charge < -0.3 is 10.2 Å². The number of rotatable bonds is 13. The summed E-state index contributed by atoms with van der Waals surface area (Å²) in [5.74, 6) is -0.764. The minimum atomic E-state index is -4.10. The third kappa shape index (κ3) is 8.32. The number of hydrogen-bond donors (Lipinski definition) is 1. The average Bonchev–Trinajstić information content (AvgIpc) is 3.03. The van der Waals surface area contributed by atoms with Crippen LogP contribution in [0.15, 0.2) is 120 Å². The van der Waals surface area contributed by atoms with Crippen LogP contribution in [-0.2, 0) is 32.6 Å². The van der Waals surface area contributed by atoms with Crippen LogP contribution in [0.1, 0.15) is 37.0 Å². The lowest BCUT2D eigenvalue weighted by molar-refractivity contribution is -0.140. The molecule has 7 nitrogen and oxygen atoms in total. The highest BCUT2D eigenvalue weighted by Gasteiger charge is 2.34. The zero-order valence-corrected chi connectivity index (χ0v) is 25.7. The number of benzene rings is 4. The van der Waals surface area contributed by atoms with E-state index in [0.29, 0.717) is 5.69 Å². The maximum Gasteiger partial charge on any atom is 0.264 e. The van der Waals surface area contributed by atoms with Crippen LogP contribution >= 0.6 is 0 Å². The van der Waals surface area contributed by atoms with Crippen LogP contribution in [0.5, 0.6) is 0 Å². The largest absolute Gasteiger partial charge is 0.352 e. The Morgan fingerprint density at radius 3 is 1.91 bits per heavy atom. The molecule has 0 fully saturated rings. The van der Waals surface area contributed by atoms with E-state index in [9.17, 15) is 18.0 Å².